The molecule has 3 nitrogen and oxygen atoms in total. The Labute approximate surface area is 127 Å². The maximum absolute atomic E-state index is 12.5. The van der Waals surface area contributed by atoms with E-state index < -0.39 is 0 Å². The third-order valence-electron chi connectivity index (χ3n) is 3.43. The lowest BCUT2D eigenvalue weighted by Gasteiger charge is -2.25. The number of anilines is 1. The summed E-state index contributed by atoms with van der Waals surface area (Å²) in [7, 11) is 1.88. The first kappa shape index (κ1) is 16.9. The molecule has 1 N–H and O–H groups in total. The smallest absolute Gasteiger partial charge is 0.254 e. The zero-order chi connectivity index (χ0) is 15.1. The molecule has 0 aliphatic rings. The number of rotatable bonds is 7. The number of hydrogen-bond donors (Lipinski definition) is 1. The molecule has 0 heterocycles. The lowest BCUT2D eigenvalue weighted by Crippen LogP contribution is -2.36. The molecule has 112 valence electrons. The van der Waals surface area contributed by atoms with Crippen LogP contribution in [0.3, 0.4) is 0 Å². The monoisotopic (exact) mass is 294 g/mol. The lowest BCUT2D eigenvalue weighted by atomic mass is 10.1. The number of nitrogens with one attached hydrogen (secondary N) is 1. The van der Waals surface area contributed by atoms with E-state index in [9.17, 15) is 4.79 Å². The SMILES string of the molecule is CCCNc1ccc(C(=O)N(C)C(C)CSC)c(C)c1. The number of amides is 1. The van der Waals surface area contributed by atoms with Crippen LogP contribution in [0.5, 0.6) is 0 Å². The van der Waals surface area contributed by atoms with Gasteiger partial charge in [0, 0.05) is 36.6 Å². The molecule has 0 aliphatic heterocycles. The third-order valence-corrected chi connectivity index (χ3v) is 4.24. The molecule has 1 amide bonds. The van der Waals surface area contributed by atoms with Crippen molar-refractivity contribution in [3.63, 3.8) is 0 Å². The van der Waals surface area contributed by atoms with Crippen LogP contribution in [0.1, 0.15) is 36.2 Å². The summed E-state index contributed by atoms with van der Waals surface area (Å²) in [5.41, 5.74) is 2.91. The highest BCUT2D eigenvalue weighted by molar-refractivity contribution is 7.98. The van der Waals surface area contributed by atoms with E-state index in [4.69, 9.17) is 0 Å². The summed E-state index contributed by atoms with van der Waals surface area (Å²) in [5.74, 6) is 1.06. The van der Waals surface area contributed by atoms with Crippen LogP contribution in [0.4, 0.5) is 5.69 Å². The second-order valence-electron chi connectivity index (χ2n) is 5.18. The average molecular weight is 294 g/mol. The van der Waals surface area contributed by atoms with E-state index in [0.717, 1.165) is 35.5 Å². The van der Waals surface area contributed by atoms with E-state index in [1.807, 2.05) is 31.0 Å². The van der Waals surface area contributed by atoms with Gasteiger partial charge in [-0.1, -0.05) is 6.92 Å². The molecule has 0 saturated heterocycles. The fourth-order valence-electron chi connectivity index (χ4n) is 2.03. The van der Waals surface area contributed by atoms with E-state index in [-0.39, 0.29) is 11.9 Å². The minimum Gasteiger partial charge on any atom is -0.385 e. The first-order valence-electron chi connectivity index (χ1n) is 7.11. The number of carbonyl (C=O) groups is 1. The van der Waals surface area contributed by atoms with Gasteiger partial charge in [-0.25, -0.2) is 0 Å². The zero-order valence-electron chi connectivity index (χ0n) is 13.2. The van der Waals surface area contributed by atoms with Gasteiger partial charge in [0.25, 0.3) is 5.91 Å². The largest absolute Gasteiger partial charge is 0.385 e. The van der Waals surface area contributed by atoms with Gasteiger partial charge in [0.1, 0.15) is 0 Å². The summed E-state index contributed by atoms with van der Waals surface area (Å²) < 4.78 is 0. The van der Waals surface area contributed by atoms with Gasteiger partial charge in [-0.3, -0.25) is 4.79 Å². The Morgan fingerprint density at radius 2 is 2.15 bits per heavy atom. The molecule has 1 aromatic carbocycles. The summed E-state index contributed by atoms with van der Waals surface area (Å²) >= 11 is 1.76. The molecule has 0 spiro atoms. The molecule has 0 aliphatic carbocycles. The minimum atomic E-state index is 0.103. The Bertz CT molecular complexity index is 448. The van der Waals surface area contributed by atoms with Crippen LogP contribution in [0, 0.1) is 6.92 Å². The first-order valence-corrected chi connectivity index (χ1v) is 8.51. The van der Waals surface area contributed by atoms with Gasteiger partial charge in [-0.15, -0.1) is 0 Å². The van der Waals surface area contributed by atoms with Crippen molar-refractivity contribution < 1.29 is 4.79 Å². The van der Waals surface area contributed by atoms with E-state index >= 15 is 0 Å². The quantitative estimate of drug-likeness (QED) is 0.833. The van der Waals surface area contributed by atoms with Gasteiger partial charge in [-0.05, 0) is 50.3 Å². The number of thioether (sulfide) groups is 1. The Hall–Kier alpha value is -1.16. The molecule has 20 heavy (non-hydrogen) atoms. The normalized spacial score (nSPS) is 12.1. The van der Waals surface area contributed by atoms with Crippen LogP contribution in [-0.2, 0) is 0 Å². The fraction of sp³-hybridized carbons (Fsp3) is 0.562. The summed E-state index contributed by atoms with van der Waals surface area (Å²) in [5, 5.41) is 3.35. The predicted molar refractivity (Wildman–Crippen MR) is 89.9 cm³/mol. The lowest BCUT2D eigenvalue weighted by molar-refractivity contribution is 0.0757. The van der Waals surface area contributed by atoms with Crippen molar-refractivity contribution in [1.82, 2.24) is 4.90 Å². The number of benzene rings is 1. The molecule has 1 aromatic rings. The predicted octanol–water partition coefficient (Wildman–Crippen LogP) is 3.64. The van der Waals surface area contributed by atoms with Crippen molar-refractivity contribution in [3.05, 3.63) is 29.3 Å². The second-order valence-corrected chi connectivity index (χ2v) is 6.09. The maximum atomic E-state index is 12.5. The summed E-state index contributed by atoms with van der Waals surface area (Å²) in [6, 6.07) is 6.21. The molecule has 1 atom stereocenters. The standard InChI is InChI=1S/C16H26N2OS/c1-6-9-17-14-7-8-15(12(2)10-14)16(19)18(4)13(3)11-20-5/h7-8,10,13,17H,6,9,11H2,1-5H3. The first-order chi connectivity index (χ1) is 9.51. The maximum Gasteiger partial charge on any atom is 0.254 e. The van der Waals surface area contributed by atoms with Gasteiger partial charge in [0.2, 0.25) is 0 Å². The summed E-state index contributed by atoms with van der Waals surface area (Å²) in [6.07, 6.45) is 3.16. The van der Waals surface area contributed by atoms with Crippen molar-refractivity contribution in [2.24, 2.45) is 0 Å². The van der Waals surface area contributed by atoms with E-state index in [2.05, 4.69) is 31.5 Å². The number of hydrogen-bond acceptors (Lipinski definition) is 3. The van der Waals surface area contributed by atoms with Crippen LogP contribution < -0.4 is 5.32 Å². The molecule has 4 heteroatoms. The molecule has 0 saturated carbocycles. The Morgan fingerprint density at radius 1 is 1.45 bits per heavy atom. The minimum absolute atomic E-state index is 0.103. The van der Waals surface area contributed by atoms with E-state index in [0.29, 0.717) is 0 Å². The van der Waals surface area contributed by atoms with Crippen LogP contribution >= 0.6 is 11.8 Å². The molecule has 0 radical (unpaired) electrons. The van der Waals surface area contributed by atoms with E-state index in [1.165, 1.54) is 0 Å². The summed E-state index contributed by atoms with van der Waals surface area (Å²) in [6.45, 7) is 7.18. The van der Waals surface area contributed by atoms with Crippen molar-refractivity contribution in [3.8, 4) is 0 Å². The Morgan fingerprint density at radius 3 is 2.70 bits per heavy atom. The second kappa shape index (κ2) is 8.20. The molecular formula is C16H26N2OS. The van der Waals surface area contributed by atoms with E-state index in [1.54, 1.807) is 11.8 Å². The van der Waals surface area contributed by atoms with Gasteiger partial charge in [-0.2, -0.15) is 11.8 Å². The van der Waals surface area contributed by atoms with Crippen molar-refractivity contribution in [1.29, 1.82) is 0 Å². The van der Waals surface area contributed by atoms with Gasteiger partial charge in [0.05, 0.1) is 0 Å². The Kier molecular flexibility index (Phi) is 6.93. The number of aryl methyl sites for hydroxylation is 1. The van der Waals surface area contributed by atoms with Crippen LogP contribution in [0.15, 0.2) is 18.2 Å². The van der Waals surface area contributed by atoms with Crippen LogP contribution in [0.25, 0.3) is 0 Å². The van der Waals surface area contributed by atoms with Crippen LogP contribution in [0.2, 0.25) is 0 Å². The highest BCUT2D eigenvalue weighted by Gasteiger charge is 2.18. The summed E-state index contributed by atoms with van der Waals surface area (Å²) in [4.78, 5) is 14.3. The van der Waals surface area contributed by atoms with Crippen LogP contribution in [-0.4, -0.2) is 42.4 Å². The molecule has 1 unspecified atom stereocenters. The van der Waals surface area contributed by atoms with Crippen molar-refractivity contribution >= 4 is 23.4 Å². The molecule has 0 bridgehead atoms. The number of nitrogens with zero attached hydrogens (tertiary/aromatic N) is 1. The Balaban J connectivity index is 2.83. The van der Waals surface area contributed by atoms with Crippen molar-refractivity contribution in [2.45, 2.75) is 33.2 Å². The molecule has 0 fully saturated rings. The van der Waals surface area contributed by atoms with Crippen molar-refractivity contribution in [2.75, 3.05) is 30.9 Å². The average Bonchev–Trinajstić information content (AvgIpc) is 2.44. The number of carbonyl (C=O) groups excluding carboxylic acids is 1. The molecule has 1 rings (SSSR count). The van der Waals surface area contributed by atoms with Gasteiger partial charge >= 0.3 is 0 Å². The topological polar surface area (TPSA) is 32.3 Å². The van der Waals surface area contributed by atoms with Gasteiger partial charge in [0.15, 0.2) is 0 Å². The zero-order valence-corrected chi connectivity index (χ0v) is 14.0. The third kappa shape index (κ3) is 4.44. The molecular weight excluding hydrogens is 268 g/mol. The highest BCUT2D eigenvalue weighted by Crippen LogP contribution is 2.18. The molecule has 0 aromatic heterocycles. The fourth-order valence-corrected chi connectivity index (χ4v) is 2.73. The van der Waals surface area contributed by atoms with Gasteiger partial charge < -0.3 is 10.2 Å². The highest BCUT2D eigenvalue weighted by atomic mass is 32.2.